The predicted molar refractivity (Wildman–Crippen MR) is 97.8 cm³/mol. The quantitative estimate of drug-likeness (QED) is 0.733. The maximum absolute atomic E-state index is 5.52. The smallest absolute Gasteiger partial charge is 0.324 e. The van der Waals surface area contributed by atoms with E-state index in [0.29, 0.717) is 11.8 Å². The summed E-state index contributed by atoms with van der Waals surface area (Å²) in [7, 11) is 0. The third kappa shape index (κ3) is 3.33. The van der Waals surface area contributed by atoms with E-state index in [1.54, 1.807) is 0 Å². The van der Waals surface area contributed by atoms with Crippen molar-refractivity contribution in [1.29, 1.82) is 0 Å². The Balaban J connectivity index is 1.48. The van der Waals surface area contributed by atoms with Gasteiger partial charge in [-0.15, -0.1) is 0 Å². The molecule has 1 saturated heterocycles. The molecular formula is C19H21N5O. The van der Waals surface area contributed by atoms with Gasteiger partial charge in [-0.05, 0) is 25.0 Å². The van der Waals surface area contributed by atoms with Crippen LogP contribution in [0.1, 0.15) is 12.0 Å². The number of pyridine rings is 1. The van der Waals surface area contributed by atoms with Crippen LogP contribution in [-0.4, -0.2) is 41.3 Å². The number of hydrogen-bond acceptors (Lipinski definition) is 6. The van der Waals surface area contributed by atoms with Gasteiger partial charge in [-0.3, -0.25) is 4.98 Å². The maximum atomic E-state index is 5.52. The zero-order chi connectivity index (χ0) is 17.1. The Morgan fingerprint density at radius 3 is 2.60 bits per heavy atom. The molecule has 4 rings (SSSR count). The summed E-state index contributed by atoms with van der Waals surface area (Å²) in [5.74, 6) is 0.640. The molecule has 6 heteroatoms. The number of anilines is 2. The van der Waals surface area contributed by atoms with Crippen molar-refractivity contribution in [3.05, 3.63) is 54.4 Å². The van der Waals surface area contributed by atoms with Crippen LogP contribution in [0.5, 0.6) is 0 Å². The highest BCUT2D eigenvalue weighted by Gasteiger charge is 2.21. The van der Waals surface area contributed by atoms with Crippen LogP contribution in [0.15, 0.2) is 53.3 Å². The summed E-state index contributed by atoms with van der Waals surface area (Å²) in [6, 6.07) is 12.6. The topological polar surface area (TPSA) is 58.3 Å². The summed E-state index contributed by atoms with van der Waals surface area (Å²) in [4.78, 5) is 13.4. The van der Waals surface area contributed by atoms with Gasteiger partial charge < -0.3 is 14.3 Å². The fourth-order valence-electron chi connectivity index (χ4n) is 3.22. The van der Waals surface area contributed by atoms with E-state index >= 15 is 0 Å². The average Bonchev–Trinajstić information content (AvgIpc) is 3.02. The van der Waals surface area contributed by atoms with Crippen molar-refractivity contribution in [1.82, 2.24) is 15.1 Å². The highest BCUT2D eigenvalue weighted by Crippen LogP contribution is 2.23. The molecule has 0 saturated carbocycles. The monoisotopic (exact) mass is 335 g/mol. The van der Waals surface area contributed by atoms with Crippen LogP contribution in [0.4, 0.5) is 11.7 Å². The molecule has 3 heterocycles. The lowest BCUT2D eigenvalue weighted by Crippen LogP contribution is -2.31. The third-order valence-electron chi connectivity index (χ3n) is 4.55. The number of nitrogens with zero attached hydrogens (tertiary/aromatic N) is 5. The molecule has 0 unspecified atom stereocenters. The molecule has 1 aliphatic heterocycles. The van der Waals surface area contributed by atoms with Crippen molar-refractivity contribution in [3.8, 4) is 11.4 Å². The Labute approximate surface area is 147 Å². The first kappa shape index (κ1) is 15.6. The minimum Gasteiger partial charge on any atom is -0.369 e. The Bertz CT molecular complexity index is 833. The van der Waals surface area contributed by atoms with E-state index in [1.165, 1.54) is 11.3 Å². The molecule has 0 radical (unpaired) electrons. The Morgan fingerprint density at radius 2 is 1.76 bits per heavy atom. The van der Waals surface area contributed by atoms with E-state index in [1.807, 2.05) is 42.7 Å². The van der Waals surface area contributed by atoms with Crippen molar-refractivity contribution >= 4 is 11.7 Å². The Hall–Kier alpha value is -2.89. The van der Waals surface area contributed by atoms with Crippen LogP contribution in [0.3, 0.4) is 0 Å². The van der Waals surface area contributed by atoms with Crippen LogP contribution >= 0.6 is 0 Å². The molecule has 1 aromatic carbocycles. The molecule has 0 amide bonds. The largest absolute Gasteiger partial charge is 0.369 e. The normalized spacial score (nSPS) is 15.2. The highest BCUT2D eigenvalue weighted by atomic mass is 16.5. The van der Waals surface area contributed by atoms with Gasteiger partial charge in [0.15, 0.2) is 0 Å². The van der Waals surface area contributed by atoms with Crippen molar-refractivity contribution in [2.24, 2.45) is 0 Å². The van der Waals surface area contributed by atoms with Gasteiger partial charge in [0.05, 0.1) is 0 Å². The van der Waals surface area contributed by atoms with Gasteiger partial charge in [-0.1, -0.05) is 35.5 Å². The van der Waals surface area contributed by atoms with Crippen molar-refractivity contribution in [2.45, 2.75) is 13.3 Å². The average molecular weight is 335 g/mol. The van der Waals surface area contributed by atoms with Crippen molar-refractivity contribution < 1.29 is 4.52 Å². The van der Waals surface area contributed by atoms with Crippen LogP contribution in [-0.2, 0) is 0 Å². The van der Waals surface area contributed by atoms with Crippen molar-refractivity contribution in [2.75, 3.05) is 36.0 Å². The summed E-state index contributed by atoms with van der Waals surface area (Å²) >= 11 is 0. The van der Waals surface area contributed by atoms with Gasteiger partial charge in [0.2, 0.25) is 5.82 Å². The first-order valence-corrected chi connectivity index (χ1v) is 8.61. The van der Waals surface area contributed by atoms with Gasteiger partial charge in [0, 0.05) is 49.8 Å². The summed E-state index contributed by atoms with van der Waals surface area (Å²) in [5, 5.41) is 4.13. The lowest BCUT2D eigenvalue weighted by Gasteiger charge is -2.24. The molecule has 6 nitrogen and oxygen atoms in total. The minimum atomic E-state index is 0.604. The summed E-state index contributed by atoms with van der Waals surface area (Å²) < 4.78 is 5.52. The minimum absolute atomic E-state index is 0.604. The van der Waals surface area contributed by atoms with Gasteiger partial charge in [0.25, 0.3) is 0 Å². The molecule has 0 aliphatic carbocycles. The lowest BCUT2D eigenvalue weighted by atomic mass is 10.2. The van der Waals surface area contributed by atoms with E-state index in [2.05, 4.69) is 37.9 Å². The molecule has 3 aromatic rings. The first-order valence-electron chi connectivity index (χ1n) is 8.61. The van der Waals surface area contributed by atoms with E-state index in [4.69, 9.17) is 4.52 Å². The second kappa shape index (κ2) is 6.93. The van der Waals surface area contributed by atoms with Crippen LogP contribution < -0.4 is 9.80 Å². The fraction of sp³-hybridized carbons (Fsp3) is 0.316. The molecule has 0 atom stereocenters. The van der Waals surface area contributed by atoms with E-state index in [-0.39, 0.29) is 0 Å². The predicted octanol–water partition coefficient (Wildman–Crippen LogP) is 3.16. The van der Waals surface area contributed by atoms with Crippen LogP contribution in [0.25, 0.3) is 11.4 Å². The number of rotatable bonds is 3. The Morgan fingerprint density at radius 1 is 0.960 bits per heavy atom. The van der Waals surface area contributed by atoms with Crippen molar-refractivity contribution in [3.63, 3.8) is 0 Å². The van der Waals surface area contributed by atoms with E-state index in [0.717, 1.165) is 38.2 Å². The van der Waals surface area contributed by atoms with E-state index in [9.17, 15) is 0 Å². The summed E-state index contributed by atoms with van der Waals surface area (Å²) in [5.41, 5.74) is 3.44. The SMILES string of the molecule is Cc1cnccc1N1CCCN(c2nc(-c3ccccc3)no2)CC1. The highest BCUT2D eigenvalue weighted by molar-refractivity contribution is 5.55. The molecule has 0 spiro atoms. The zero-order valence-electron chi connectivity index (χ0n) is 14.3. The standard InChI is InChI=1S/C19H21N5O/c1-15-14-20-9-8-17(15)23-10-5-11-24(13-12-23)19-21-18(22-25-19)16-6-3-2-4-7-16/h2-4,6-9,14H,5,10-13H2,1H3. The second-order valence-corrected chi connectivity index (χ2v) is 6.26. The number of hydrogen-bond donors (Lipinski definition) is 0. The van der Waals surface area contributed by atoms with Gasteiger partial charge >= 0.3 is 6.01 Å². The molecule has 128 valence electrons. The summed E-state index contributed by atoms with van der Waals surface area (Å²) in [6.45, 7) is 5.82. The molecule has 2 aromatic heterocycles. The molecular weight excluding hydrogens is 314 g/mol. The van der Waals surface area contributed by atoms with Gasteiger partial charge in [0.1, 0.15) is 0 Å². The lowest BCUT2D eigenvalue weighted by molar-refractivity contribution is 0.415. The zero-order valence-corrected chi connectivity index (χ0v) is 14.3. The molecule has 0 N–H and O–H groups in total. The second-order valence-electron chi connectivity index (χ2n) is 6.26. The van der Waals surface area contributed by atoms with Crippen LogP contribution in [0, 0.1) is 6.92 Å². The first-order chi connectivity index (χ1) is 12.3. The van der Waals surface area contributed by atoms with E-state index < -0.39 is 0 Å². The molecule has 25 heavy (non-hydrogen) atoms. The van der Waals surface area contributed by atoms with Gasteiger partial charge in [-0.2, -0.15) is 4.98 Å². The maximum Gasteiger partial charge on any atom is 0.324 e. The molecule has 0 bridgehead atoms. The van der Waals surface area contributed by atoms with Gasteiger partial charge in [-0.25, -0.2) is 0 Å². The summed E-state index contributed by atoms with van der Waals surface area (Å²) in [6.07, 6.45) is 4.82. The molecule has 1 fully saturated rings. The fourth-order valence-corrected chi connectivity index (χ4v) is 3.22. The van der Waals surface area contributed by atoms with Crippen LogP contribution in [0.2, 0.25) is 0 Å². The number of aromatic nitrogens is 3. The number of benzene rings is 1. The number of aryl methyl sites for hydroxylation is 1. The Kier molecular flexibility index (Phi) is 4.33. The molecule has 1 aliphatic rings. The third-order valence-corrected chi connectivity index (χ3v) is 4.55.